The molecule has 1 unspecified atom stereocenters. The van der Waals surface area contributed by atoms with Crippen LogP contribution in [0.25, 0.3) is 11.0 Å². The minimum atomic E-state index is -3.84. The Kier molecular flexibility index (Phi) is 4.84. The Bertz CT molecular complexity index is 1190. The maximum atomic E-state index is 14.3. The van der Waals surface area contributed by atoms with Gasteiger partial charge in [0.2, 0.25) is 21.9 Å². The van der Waals surface area contributed by atoms with Gasteiger partial charge in [-0.1, -0.05) is 12.1 Å². The van der Waals surface area contributed by atoms with E-state index in [1.165, 1.54) is 32.0 Å². The fourth-order valence-corrected chi connectivity index (χ4v) is 4.12. The molecule has 10 heteroatoms. The highest BCUT2D eigenvalue weighted by Crippen LogP contribution is 2.31. The number of hydrogen-bond acceptors (Lipinski definition) is 5. The summed E-state index contributed by atoms with van der Waals surface area (Å²) in [6, 6.07) is 7.09. The highest BCUT2D eigenvalue weighted by molar-refractivity contribution is 7.90. The quantitative estimate of drug-likeness (QED) is 0.670. The van der Waals surface area contributed by atoms with Gasteiger partial charge in [0.15, 0.2) is 0 Å². The zero-order valence-corrected chi connectivity index (χ0v) is 15.9. The summed E-state index contributed by atoms with van der Waals surface area (Å²) in [4.78, 5) is 16.1. The van der Waals surface area contributed by atoms with Crippen LogP contribution < -0.4 is 11.5 Å². The lowest BCUT2D eigenvalue weighted by atomic mass is 9.90. The molecule has 3 rings (SSSR count). The van der Waals surface area contributed by atoms with Gasteiger partial charge in [0, 0.05) is 11.6 Å². The molecule has 1 amide bonds. The lowest BCUT2D eigenvalue weighted by Gasteiger charge is -2.16. The number of benzene rings is 2. The minimum Gasteiger partial charge on any atom is -0.369 e. The van der Waals surface area contributed by atoms with Crippen LogP contribution >= 0.6 is 0 Å². The molecule has 28 heavy (non-hydrogen) atoms. The number of imidazole rings is 1. The average molecular weight is 408 g/mol. The molecule has 0 fully saturated rings. The molecule has 0 spiro atoms. The lowest BCUT2D eigenvalue weighted by Crippen LogP contribution is -2.25. The van der Waals surface area contributed by atoms with E-state index in [1.807, 2.05) is 0 Å². The second-order valence-electron chi connectivity index (χ2n) is 6.58. The van der Waals surface area contributed by atoms with Crippen LogP contribution in [0.3, 0.4) is 0 Å². The van der Waals surface area contributed by atoms with E-state index in [0.29, 0.717) is 6.07 Å². The minimum absolute atomic E-state index is 0.126. The number of nitrogens with two attached hydrogens (primary N) is 2. The van der Waals surface area contributed by atoms with Crippen molar-refractivity contribution in [3.63, 3.8) is 0 Å². The summed E-state index contributed by atoms with van der Waals surface area (Å²) in [7, 11) is -3.84. The van der Waals surface area contributed by atoms with Crippen molar-refractivity contribution in [3.05, 3.63) is 59.2 Å². The topological polar surface area (TPSA) is 121 Å². The number of fused-ring (bicyclic) bond motifs is 1. The normalized spacial score (nSPS) is 13.2. The van der Waals surface area contributed by atoms with Crippen molar-refractivity contribution >= 4 is 32.9 Å². The number of nitrogen functional groups attached to an aromatic ring is 1. The summed E-state index contributed by atoms with van der Waals surface area (Å²) in [6.45, 7) is 2.98. The molecule has 1 heterocycles. The Morgan fingerprint density at radius 3 is 2.39 bits per heavy atom. The van der Waals surface area contributed by atoms with E-state index >= 15 is 0 Å². The molecule has 1 aromatic heterocycles. The van der Waals surface area contributed by atoms with Crippen molar-refractivity contribution in [2.75, 3.05) is 5.73 Å². The van der Waals surface area contributed by atoms with Crippen molar-refractivity contribution in [1.82, 2.24) is 8.96 Å². The van der Waals surface area contributed by atoms with E-state index in [0.717, 1.165) is 16.1 Å². The average Bonchev–Trinajstić information content (AvgIpc) is 2.92. The molecule has 0 saturated heterocycles. The third-order valence-electron chi connectivity index (χ3n) is 4.40. The molecule has 0 bridgehead atoms. The van der Waals surface area contributed by atoms with Crippen LogP contribution in [-0.4, -0.2) is 28.5 Å². The Morgan fingerprint density at radius 1 is 1.14 bits per heavy atom. The molecule has 0 aliphatic carbocycles. The highest BCUT2D eigenvalue weighted by Gasteiger charge is 2.28. The molecule has 3 aromatic rings. The van der Waals surface area contributed by atoms with E-state index in [2.05, 4.69) is 4.98 Å². The number of amides is 1. The monoisotopic (exact) mass is 408 g/mol. The smallest absolute Gasteiger partial charge is 0.244 e. The summed E-state index contributed by atoms with van der Waals surface area (Å²) in [6.07, 6.45) is 0. The Labute approximate surface area is 160 Å². The first-order valence-corrected chi connectivity index (χ1v) is 9.81. The van der Waals surface area contributed by atoms with Crippen LogP contribution in [0.15, 0.2) is 36.4 Å². The van der Waals surface area contributed by atoms with Gasteiger partial charge in [-0.25, -0.2) is 26.2 Å². The van der Waals surface area contributed by atoms with Gasteiger partial charge >= 0.3 is 0 Å². The van der Waals surface area contributed by atoms with Gasteiger partial charge in [0.25, 0.3) is 0 Å². The summed E-state index contributed by atoms with van der Waals surface area (Å²) in [5, 5.41) is -0.780. The number of hydrogen-bond donors (Lipinski definition) is 2. The maximum Gasteiger partial charge on any atom is 0.244 e. The van der Waals surface area contributed by atoms with E-state index in [4.69, 9.17) is 11.5 Å². The number of carbonyl (C=O) groups is 1. The predicted molar refractivity (Wildman–Crippen MR) is 101 cm³/mol. The van der Waals surface area contributed by atoms with E-state index in [-0.39, 0.29) is 28.1 Å². The first-order valence-electron chi connectivity index (χ1n) is 8.30. The SMILES string of the molecule is CC(C)S(=O)(=O)n1c(N)nc2ccc(C(C(N)=O)c3ccc(F)cc3F)cc21. The number of primary amides is 1. The number of anilines is 1. The van der Waals surface area contributed by atoms with Gasteiger partial charge in [-0.3, -0.25) is 4.79 Å². The summed E-state index contributed by atoms with van der Waals surface area (Å²) < 4.78 is 53.7. The highest BCUT2D eigenvalue weighted by atomic mass is 32.2. The Morgan fingerprint density at radius 2 is 1.82 bits per heavy atom. The van der Waals surface area contributed by atoms with Gasteiger partial charge in [-0.05, 0) is 37.6 Å². The number of carbonyl (C=O) groups excluding carboxylic acids is 1. The zero-order valence-electron chi connectivity index (χ0n) is 15.1. The third-order valence-corrected chi connectivity index (χ3v) is 6.49. The molecular formula is C18H18F2N4O3S. The van der Waals surface area contributed by atoms with Gasteiger partial charge in [-0.15, -0.1) is 0 Å². The molecular weight excluding hydrogens is 390 g/mol. The molecule has 148 valence electrons. The van der Waals surface area contributed by atoms with E-state index in [9.17, 15) is 22.0 Å². The van der Waals surface area contributed by atoms with Crippen molar-refractivity contribution in [3.8, 4) is 0 Å². The summed E-state index contributed by atoms with van der Waals surface area (Å²) in [5.41, 5.74) is 11.8. The lowest BCUT2D eigenvalue weighted by molar-refractivity contribution is -0.118. The maximum absolute atomic E-state index is 14.3. The Hall–Kier alpha value is -3.01. The van der Waals surface area contributed by atoms with Crippen molar-refractivity contribution < 1.29 is 22.0 Å². The first-order chi connectivity index (χ1) is 13.0. The van der Waals surface area contributed by atoms with Crippen molar-refractivity contribution in [2.24, 2.45) is 5.73 Å². The first kappa shape index (κ1) is 19.7. The van der Waals surface area contributed by atoms with Gasteiger partial charge in [0.05, 0.1) is 22.2 Å². The van der Waals surface area contributed by atoms with Crippen LogP contribution in [0.4, 0.5) is 14.7 Å². The Balaban J connectivity index is 2.26. The summed E-state index contributed by atoms with van der Waals surface area (Å²) >= 11 is 0. The fourth-order valence-electron chi connectivity index (χ4n) is 2.98. The molecule has 7 nitrogen and oxygen atoms in total. The molecule has 1 atom stereocenters. The molecule has 2 aromatic carbocycles. The number of aromatic nitrogens is 2. The predicted octanol–water partition coefficient (Wildman–Crippen LogP) is 2.10. The van der Waals surface area contributed by atoms with Crippen LogP contribution in [-0.2, 0) is 14.8 Å². The van der Waals surface area contributed by atoms with Crippen LogP contribution in [0.5, 0.6) is 0 Å². The standard InChI is InChI=1S/C18H18F2N4O3S/c1-9(2)28(26,27)24-15-7-10(3-6-14(15)23-18(24)22)16(17(21)25)12-5-4-11(19)8-13(12)20/h3-9,16H,1-2H3,(H2,21,25)(H2,22,23). The van der Waals surface area contributed by atoms with Crippen LogP contribution in [0, 0.1) is 11.6 Å². The molecule has 0 radical (unpaired) electrons. The molecule has 0 saturated carbocycles. The number of nitrogens with zero attached hydrogens (tertiary/aromatic N) is 2. The van der Waals surface area contributed by atoms with Crippen LogP contribution in [0.2, 0.25) is 0 Å². The fraction of sp³-hybridized carbons (Fsp3) is 0.222. The second-order valence-corrected chi connectivity index (χ2v) is 8.92. The van der Waals surface area contributed by atoms with Crippen molar-refractivity contribution in [1.29, 1.82) is 0 Å². The molecule has 4 N–H and O–H groups in total. The van der Waals surface area contributed by atoms with Crippen molar-refractivity contribution in [2.45, 2.75) is 25.0 Å². The number of rotatable bonds is 5. The third kappa shape index (κ3) is 3.19. The van der Waals surface area contributed by atoms with Crippen LogP contribution in [0.1, 0.15) is 30.9 Å². The molecule has 0 aliphatic heterocycles. The van der Waals surface area contributed by atoms with Gasteiger partial charge < -0.3 is 11.5 Å². The summed E-state index contributed by atoms with van der Waals surface area (Å²) in [5.74, 6) is -4.10. The van der Waals surface area contributed by atoms with E-state index < -0.39 is 38.7 Å². The number of halogens is 2. The second kappa shape index (κ2) is 6.86. The largest absolute Gasteiger partial charge is 0.369 e. The molecule has 0 aliphatic rings. The zero-order chi connectivity index (χ0) is 20.8. The van der Waals surface area contributed by atoms with Gasteiger partial charge in [-0.2, -0.15) is 0 Å². The van der Waals surface area contributed by atoms with E-state index in [1.54, 1.807) is 0 Å². The van der Waals surface area contributed by atoms with Gasteiger partial charge in [0.1, 0.15) is 11.6 Å².